The number of carboxylic acids is 1. The number of nitrogens with one attached hydrogen (secondary N) is 2. The second kappa shape index (κ2) is 13.6. The van der Waals surface area contributed by atoms with Gasteiger partial charge in [0, 0.05) is 43.6 Å². The molecule has 3 heterocycles. The molecule has 4 rings (SSSR count). The maximum absolute atomic E-state index is 12.7. The summed E-state index contributed by atoms with van der Waals surface area (Å²) in [6.45, 7) is 6.54. The van der Waals surface area contributed by atoms with Crippen LogP contribution in [0.3, 0.4) is 0 Å². The topological polar surface area (TPSA) is 150 Å². The zero-order valence-corrected chi connectivity index (χ0v) is 25.1. The van der Waals surface area contributed by atoms with Crippen molar-refractivity contribution in [1.82, 2.24) is 14.9 Å². The molecule has 226 valence electrons. The van der Waals surface area contributed by atoms with Gasteiger partial charge in [0.2, 0.25) is 0 Å². The number of nitrogens with zero attached hydrogens (tertiary/aromatic N) is 4. The Bertz CT molecular complexity index is 1300. The van der Waals surface area contributed by atoms with Crippen molar-refractivity contribution in [2.45, 2.75) is 77.0 Å². The first kappa shape index (κ1) is 31.3. The predicted octanol–water partition coefficient (Wildman–Crippen LogP) is 5.57. The molecule has 0 atom stereocenters. The van der Waals surface area contributed by atoms with Crippen LogP contribution < -0.4 is 10.6 Å². The van der Waals surface area contributed by atoms with E-state index in [1.165, 1.54) is 4.90 Å². The van der Waals surface area contributed by atoms with Gasteiger partial charge < -0.3 is 25.2 Å². The van der Waals surface area contributed by atoms with Crippen LogP contribution in [0.4, 0.5) is 16.4 Å². The van der Waals surface area contributed by atoms with Crippen LogP contribution in [0.25, 0.3) is 11.3 Å². The zero-order chi connectivity index (χ0) is 30.3. The Hall–Kier alpha value is -3.62. The minimum atomic E-state index is -1.07. The fourth-order valence-electron chi connectivity index (χ4n) is 5.30. The summed E-state index contributed by atoms with van der Waals surface area (Å²) < 4.78 is 10.9. The first-order valence-corrected chi connectivity index (χ1v) is 14.7. The average Bonchev–Trinajstić information content (AvgIpc) is 2.96. The van der Waals surface area contributed by atoms with E-state index in [2.05, 4.69) is 21.7 Å². The summed E-state index contributed by atoms with van der Waals surface area (Å²) in [5.74, 6) is 0.239. The first-order valence-electron chi connectivity index (χ1n) is 14.3. The second-order valence-corrected chi connectivity index (χ2v) is 12.4. The van der Waals surface area contributed by atoms with Crippen LogP contribution in [0.1, 0.15) is 59.3 Å². The summed E-state index contributed by atoms with van der Waals surface area (Å²) in [5, 5.41) is 26.4. The number of pyridine rings is 2. The maximum Gasteiger partial charge on any atom is 0.411 e. The Kier molecular flexibility index (Phi) is 10.1. The van der Waals surface area contributed by atoms with Crippen LogP contribution in [0.2, 0.25) is 5.02 Å². The highest BCUT2D eigenvalue weighted by Gasteiger charge is 2.34. The Balaban J connectivity index is 1.39. The molecule has 2 fully saturated rings. The number of nitriles is 1. The van der Waals surface area contributed by atoms with Crippen LogP contribution >= 0.6 is 11.6 Å². The van der Waals surface area contributed by atoms with Crippen molar-refractivity contribution in [2.75, 3.05) is 36.9 Å². The number of anilines is 2. The molecule has 12 heteroatoms. The summed E-state index contributed by atoms with van der Waals surface area (Å²) >= 11 is 6.54. The van der Waals surface area contributed by atoms with Crippen molar-refractivity contribution in [3.8, 4) is 17.3 Å². The molecule has 1 amide bonds. The lowest BCUT2D eigenvalue weighted by atomic mass is 9.82. The third kappa shape index (κ3) is 8.46. The Morgan fingerprint density at radius 1 is 1.21 bits per heavy atom. The maximum atomic E-state index is 12.7. The quantitative estimate of drug-likeness (QED) is 0.334. The lowest BCUT2D eigenvalue weighted by Gasteiger charge is -2.37. The number of ether oxygens (including phenoxy) is 2. The monoisotopic (exact) mass is 598 g/mol. The highest BCUT2D eigenvalue weighted by Crippen LogP contribution is 2.33. The summed E-state index contributed by atoms with van der Waals surface area (Å²) in [6.07, 6.45) is 5.08. The van der Waals surface area contributed by atoms with Crippen LogP contribution in [0.5, 0.6) is 0 Å². The van der Waals surface area contributed by atoms with E-state index in [9.17, 15) is 20.0 Å². The van der Waals surface area contributed by atoms with Crippen LogP contribution in [0.15, 0.2) is 30.5 Å². The number of amides is 1. The van der Waals surface area contributed by atoms with Crippen LogP contribution in [-0.4, -0.2) is 76.0 Å². The zero-order valence-electron chi connectivity index (χ0n) is 24.4. The number of hydrogen-bond donors (Lipinski definition) is 3. The number of halogens is 1. The number of rotatable bonds is 9. The average molecular weight is 599 g/mol. The molecule has 0 spiro atoms. The van der Waals surface area contributed by atoms with Gasteiger partial charge in [-0.15, -0.1) is 0 Å². The van der Waals surface area contributed by atoms with Gasteiger partial charge in [-0.05, 0) is 77.5 Å². The number of carbonyl (C=O) groups excluding carboxylic acids is 1. The van der Waals surface area contributed by atoms with Gasteiger partial charge in [0.25, 0.3) is 0 Å². The Morgan fingerprint density at radius 3 is 2.57 bits per heavy atom. The molecule has 1 saturated heterocycles. The van der Waals surface area contributed by atoms with Crippen LogP contribution in [-0.2, 0) is 14.3 Å². The molecule has 0 radical (unpaired) electrons. The molecule has 0 aromatic carbocycles. The Labute approximate surface area is 251 Å². The highest BCUT2D eigenvalue weighted by atomic mass is 35.5. The van der Waals surface area contributed by atoms with Gasteiger partial charge in [-0.25, -0.2) is 14.8 Å². The van der Waals surface area contributed by atoms with Gasteiger partial charge in [0.1, 0.15) is 23.8 Å². The minimum Gasteiger partial charge on any atom is -0.480 e. The smallest absolute Gasteiger partial charge is 0.411 e. The number of hydrogen-bond acceptors (Lipinski definition) is 9. The van der Waals surface area contributed by atoms with Crippen LogP contribution in [0, 0.1) is 16.7 Å². The molecule has 2 aliphatic rings. The highest BCUT2D eigenvalue weighted by molar-refractivity contribution is 6.33. The first-order chi connectivity index (χ1) is 20.0. The molecule has 1 aliphatic heterocycles. The largest absolute Gasteiger partial charge is 0.480 e. The van der Waals surface area contributed by atoms with E-state index in [0.717, 1.165) is 18.4 Å². The van der Waals surface area contributed by atoms with E-state index in [4.69, 9.17) is 26.1 Å². The van der Waals surface area contributed by atoms with Gasteiger partial charge in [0.15, 0.2) is 0 Å². The number of carbonyl (C=O) groups is 2. The molecule has 42 heavy (non-hydrogen) atoms. The number of aliphatic carboxylic acids is 1. The van der Waals surface area contributed by atoms with Crippen molar-refractivity contribution >= 4 is 35.3 Å². The molecular weight excluding hydrogens is 560 g/mol. The Morgan fingerprint density at radius 2 is 1.93 bits per heavy atom. The molecular formula is C30H39ClN6O5. The van der Waals surface area contributed by atoms with Gasteiger partial charge in [-0.3, -0.25) is 9.69 Å². The fourth-order valence-corrected chi connectivity index (χ4v) is 5.50. The van der Waals surface area contributed by atoms with Gasteiger partial charge >= 0.3 is 12.1 Å². The summed E-state index contributed by atoms with van der Waals surface area (Å²) in [7, 11) is 0. The standard InChI is InChI=1S/C30H39ClN6O5/c1-29(2,3)42-28(40)37(17-27(38)39)21-9-7-20(8-10-21)35-26-15-22(23(31)16-33-26)24-5-4-6-25(36-24)34-19-30(18-32)11-13-41-14-12-30/h4-6,15-16,20-21H,7-14,17,19H2,1-3H3,(H,33,35)(H,34,36)(H,38,39). The summed E-state index contributed by atoms with van der Waals surface area (Å²) in [5.41, 5.74) is 0.222. The van der Waals surface area contributed by atoms with Crippen molar-refractivity contribution in [3.05, 3.63) is 35.5 Å². The van der Waals surface area contributed by atoms with E-state index in [1.54, 1.807) is 27.0 Å². The van der Waals surface area contributed by atoms with E-state index in [1.807, 2.05) is 24.3 Å². The molecule has 2 aromatic rings. The third-order valence-electron chi connectivity index (χ3n) is 7.60. The van der Waals surface area contributed by atoms with Crippen molar-refractivity contribution in [2.24, 2.45) is 5.41 Å². The van der Waals surface area contributed by atoms with E-state index in [0.29, 0.717) is 67.8 Å². The normalized spacial score (nSPS) is 20.2. The molecule has 1 saturated carbocycles. The second-order valence-electron chi connectivity index (χ2n) is 12.0. The lowest BCUT2D eigenvalue weighted by Crippen LogP contribution is -2.48. The molecule has 11 nitrogen and oxygen atoms in total. The number of aromatic nitrogens is 2. The van der Waals surface area contributed by atoms with E-state index < -0.39 is 29.6 Å². The van der Waals surface area contributed by atoms with Gasteiger partial charge in [-0.2, -0.15) is 5.26 Å². The van der Waals surface area contributed by atoms with E-state index in [-0.39, 0.29) is 12.1 Å². The van der Waals surface area contributed by atoms with Crippen molar-refractivity contribution in [3.63, 3.8) is 0 Å². The van der Waals surface area contributed by atoms with Gasteiger partial charge in [-0.1, -0.05) is 17.7 Å². The molecule has 3 N–H and O–H groups in total. The molecule has 0 bridgehead atoms. The summed E-state index contributed by atoms with van der Waals surface area (Å²) in [6, 6.07) is 9.84. The SMILES string of the molecule is CC(C)(C)OC(=O)N(CC(=O)O)C1CCC(Nc2cc(-c3cccc(NCC4(C#N)CCOCC4)n3)c(Cl)cn2)CC1. The van der Waals surface area contributed by atoms with Gasteiger partial charge in [0.05, 0.1) is 22.2 Å². The van der Waals surface area contributed by atoms with Crippen molar-refractivity contribution in [1.29, 1.82) is 5.26 Å². The number of carboxylic acid groups (broad SMARTS) is 1. The molecule has 0 unspecified atom stereocenters. The van der Waals surface area contributed by atoms with E-state index >= 15 is 0 Å². The fraction of sp³-hybridized carbons (Fsp3) is 0.567. The summed E-state index contributed by atoms with van der Waals surface area (Å²) in [4.78, 5) is 34.7. The molecule has 1 aliphatic carbocycles. The lowest BCUT2D eigenvalue weighted by molar-refractivity contribution is -0.139. The third-order valence-corrected chi connectivity index (χ3v) is 7.90. The molecule has 2 aromatic heterocycles. The van der Waals surface area contributed by atoms with Crippen molar-refractivity contribution < 1.29 is 24.2 Å². The predicted molar refractivity (Wildman–Crippen MR) is 159 cm³/mol. The minimum absolute atomic E-state index is 0.0932.